The van der Waals surface area contributed by atoms with Crippen molar-refractivity contribution in [3.05, 3.63) is 33.8 Å². The van der Waals surface area contributed by atoms with Gasteiger partial charge in [-0.1, -0.05) is 19.4 Å². The van der Waals surface area contributed by atoms with Crippen LogP contribution in [0.3, 0.4) is 0 Å². The van der Waals surface area contributed by atoms with Crippen LogP contribution in [0, 0.1) is 0 Å². The van der Waals surface area contributed by atoms with E-state index in [0.29, 0.717) is 4.47 Å². The van der Waals surface area contributed by atoms with Crippen LogP contribution in [0.5, 0.6) is 0 Å². The molecule has 0 aliphatic carbocycles. The number of hydrogen-bond donors (Lipinski definition) is 1. The third-order valence-corrected chi connectivity index (χ3v) is 3.33. The molecule has 0 saturated heterocycles. The smallest absolute Gasteiger partial charge is 0.339 e. The second kappa shape index (κ2) is 6.19. The van der Waals surface area contributed by atoms with E-state index in [4.69, 9.17) is 9.84 Å². The number of hydrogen-bond acceptors (Lipinski definition) is 3. The van der Waals surface area contributed by atoms with Gasteiger partial charge in [-0.25, -0.2) is 9.59 Å². The van der Waals surface area contributed by atoms with Crippen LogP contribution in [0.2, 0.25) is 0 Å². The highest BCUT2D eigenvalue weighted by atomic mass is 79.9. The Kier molecular flexibility index (Phi) is 5.11. The second-order valence-electron chi connectivity index (χ2n) is 4.87. The Hall–Kier alpha value is -1.36. The lowest BCUT2D eigenvalue weighted by Crippen LogP contribution is -2.28. The molecule has 1 aromatic carbocycles. The van der Waals surface area contributed by atoms with Crippen LogP contribution in [-0.2, 0) is 4.74 Å². The molecule has 104 valence electrons. The number of carboxylic acids is 1. The van der Waals surface area contributed by atoms with Crippen LogP contribution >= 0.6 is 15.9 Å². The van der Waals surface area contributed by atoms with Gasteiger partial charge in [0.05, 0.1) is 11.1 Å². The fraction of sp³-hybridized carbons (Fsp3) is 0.429. The summed E-state index contributed by atoms with van der Waals surface area (Å²) in [6.07, 6.45) is 1.60. The van der Waals surface area contributed by atoms with Crippen molar-refractivity contribution in [2.45, 2.75) is 39.2 Å². The van der Waals surface area contributed by atoms with Crippen LogP contribution in [-0.4, -0.2) is 22.6 Å². The zero-order chi connectivity index (χ0) is 14.6. The molecule has 0 atom stereocenters. The Morgan fingerprint density at radius 2 is 2.00 bits per heavy atom. The topological polar surface area (TPSA) is 63.6 Å². The van der Waals surface area contributed by atoms with Gasteiger partial charge in [0.15, 0.2) is 0 Å². The van der Waals surface area contributed by atoms with E-state index in [2.05, 4.69) is 15.9 Å². The summed E-state index contributed by atoms with van der Waals surface area (Å²) in [5.41, 5.74) is -0.616. The van der Waals surface area contributed by atoms with E-state index in [-0.39, 0.29) is 11.1 Å². The molecule has 19 heavy (non-hydrogen) atoms. The molecule has 0 aromatic heterocycles. The molecule has 0 radical (unpaired) electrons. The molecule has 5 heteroatoms. The number of esters is 1. The molecular weight excluding hydrogens is 312 g/mol. The largest absolute Gasteiger partial charge is 0.478 e. The van der Waals surface area contributed by atoms with Gasteiger partial charge < -0.3 is 9.84 Å². The van der Waals surface area contributed by atoms with E-state index in [1.54, 1.807) is 12.1 Å². The van der Waals surface area contributed by atoms with E-state index in [1.807, 2.05) is 20.8 Å². The quantitative estimate of drug-likeness (QED) is 0.833. The summed E-state index contributed by atoms with van der Waals surface area (Å²) in [5.74, 6) is -1.77. The van der Waals surface area contributed by atoms with Gasteiger partial charge in [-0.15, -0.1) is 0 Å². The van der Waals surface area contributed by atoms with E-state index in [0.717, 1.165) is 12.8 Å². The first-order valence-electron chi connectivity index (χ1n) is 6.03. The Balaban J connectivity index is 3.07. The molecule has 0 saturated carbocycles. The zero-order valence-electron chi connectivity index (χ0n) is 11.2. The second-order valence-corrected chi connectivity index (χ2v) is 5.72. The van der Waals surface area contributed by atoms with Crippen molar-refractivity contribution in [2.24, 2.45) is 0 Å². The number of carbonyl (C=O) groups is 2. The lowest BCUT2D eigenvalue weighted by molar-refractivity contribution is -0.00502. The first-order valence-corrected chi connectivity index (χ1v) is 6.83. The van der Waals surface area contributed by atoms with E-state index in [9.17, 15) is 9.59 Å². The minimum absolute atomic E-state index is 0.0612. The summed E-state index contributed by atoms with van der Waals surface area (Å²) < 4.78 is 5.75. The maximum atomic E-state index is 12.1. The van der Waals surface area contributed by atoms with Gasteiger partial charge in [0, 0.05) is 4.47 Å². The minimum atomic E-state index is -1.16. The van der Waals surface area contributed by atoms with Gasteiger partial charge in [-0.3, -0.25) is 0 Å². The van der Waals surface area contributed by atoms with E-state index >= 15 is 0 Å². The first-order chi connectivity index (χ1) is 8.78. The average molecular weight is 329 g/mol. The number of halogens is 1. The molecule has 0 heterocycles. The van der Waals surface area contributed by atoms with Crippen LogP contribution in [0.4, 0.5) is 0 Å². The number of rotatable bonds is 5. The Morgan fingerprint density at radius 3 is 2.53 bits per heavy atom. The molecule has 0 aliphatic heterocycles. The first kappa shape index (κ1) is 15.7. The van der Waals surface area contributed by atoms with Gasteiger partial charge in [0.25, 0.3) is 0 Å². The normalized spacial score (nSPS) is 11.2. The summed E-state index contributed by atoms with van der Waals surface area (Å²) in [7, 11) is 0. The van der Waals surface area contributed by atoms with E-state index < -0.39 is 17.5 Å². The molecule has 0 aliphatic rings. The molecule has 0 spiro atoms. The van der Waals surface area contributed by atoms with Crippen molar-refractivity contribution in [3.8, 4) is 0 Å². The number of ether oxygens (including phenoxy) is 1. The molecule has 1 rings (SSSR count). The Labute approximate surface area is 120 Å². The maximum Gasteiger partial charge on any atom is 0.339 e. The van der Waals surface area contributed by atoms with Crippen molar-refractivity contribution in [1.29, 1.82) is 0 Å². The SMILES string of the molecule is CCCC(C)(C)OC(=O)c1cccc(Br)c1C(=O)O. The highest BCUT2D eigenvalue weighted by Gasteiger charge is 2.26. The fourth-order valence-electron chi connectivity index (χ4n) is 1.87. The fourth-order valence-corrected chi connectivity index (χ4v) is 2.41. The third-order valence-electron chi connectivity index (χ3n) is 2.67. The summed E-state index contributed by atoms with van der Waals surface area (Å²) >= 11 is 3.14. The predicted molar refractivity (Wildman–Crippen MR) is 75.5 cm³/mol. The van der Waals surface area contributed by atoms with Crippen molar-refractivity contribution in [2.75, 3.05) is 0 Å². The lowest BCUT2D eigenvalue weighted by Gasteiger charge is -2.25. The van der Waals surface area contributed by atoms with Gasteiger partial charge in [0.1, 0.15) is 5.60 Å². The lowest BCUT2D eigenvalue weighted by atomic mass is 10.0. The number of aromatic carboxylic acids is 1. The van der Waals surface area contributed by atoms with Gasteiger partial charge in [-0.2, -0.15) is 0 Å². The molecule has 1 aromatic rings. The molecular formula is C14H17BrO4. The monoisotopic (exact) mass is 328 g/mol. The van der Waals surface area contributed by atoms with Gasteiger partial charge in [0.2, 0.25) is 0 Å². The van der Waals surface area contributed by atoms with Crippen molar-refractivity contribution in [1.82, 2.24) is 0 Å². The highest BCUT2D eigenvalue weighted by molar-refractivity contribution is 9.10. The summed E-state index contributed by atoms with van der Waals surface area (Å²) in [4.78, 5) is 23.3. The number of carboxylic acid groups (broad SMARTS) is 1. The van der Waals surface area contributed by atoms with Crippen LogP contribution in [0.25, 0.3) is 0 Å². The van der Waals surface area contributed by atoms with Crippen molar-refractivity contribution < 1.29 is 19.4 Å². The zero-order valence-corrected chi connectivity index (χ0v) is 12.8. The summed E-state index contributed by atoms with van der Waals surface area (Å²) in [6, 6.07) is 4.65. The summed E-state index contributed by atoms with van der Waals surface area (Å²) in [6.45, 7) is 5.62. The van der Waals surface area contributed by atoms with Gasteiger partial charge >= 0.3 is 11.9 Å². The maximum absolute atomic E-state index is 12.1. The Morgan fingerprint density at radius 1 is 1.37 bits per heavy atom. The van der Waals surface area contributed by atoms with Crippen LogP contribution in [0.1, 0.15) is 54.3 Å². The minimum Gasteiger partial charge on any atom is -0.478 e. The predicted octanol–water partition coefficient (Wildman–Crippen LogP) is 3.88. The van der Waals surface area contributed by atoms with Gasteiger partial charge in [-0.05, 0) is 48.3 Å². The van der Waals surface area contributed by atoms with E-state index in [1.165, 1.54) is 6.07 Å². The molecule has 0 fully saturated rings. The standard InChI is InChI=1S/C14H17BrO4/c1-4-8-14(2,3)19-13(18)9-6-5-7-10(15)11(9)12(16)17/h5-7H,4,8H2,1-3H3,(H,16,17). The third kappa shape index (κ3) is 4.06. The van der Waals surface area contributed by atoms with Crippen LogP contribution in [0.15, 0.2) is 22.7 Å². The molecule has 0 amide bonds. The number of carbonyl (C=O) groups excluding carboxylic acids is 1. The molecule has 0 unspecified atom stereocenters. The van der Waals surface area contributed by atoms with Crippen molar-refractivity contribution >= 4 is 27.9 Å². The molecule has 0 bridgehead atoms. The molecule has 1 N–H and O–H groups in total. The average Bonchev–Trinajstić information content (AvgIpc) is 2.27. The Bertz CT molecular complexity index is 494. The number of benzene rings is 1. The highest BCUT2D eigenvalue weighted by Crippen LogP contribution is 2.24. The molecule has 4 nitrogen and oxygen atoms in total. The van der Waals surface area contributed by atoms with Crippen LogP contribution < -0.4 is 0 Å². The van der Waals surface area contributed by atoms with Crippen molar-refractivity contribution in [3.63, 3.8) is 0 Å². The summed E-state index contributed by atoms with van der Waals surface area (Å²) in [5, 5.41) is 9.16.